The normalized spacial score (nSPS) is 8.60. The number of hydrogen-bond acceptors (Lipinski definition) is 0. The molecule has 0 heterocycles. The first-order chi connectivity index (χ1) is 2.41. The summed E-state index contributed by atoms with van der Waals surface area (Å²) in [6, 6.07) is 0. The number of unbranched alkanes of at least 4 members (excludes halogenated alkanes) is 1. The van der Waals surface area contributed by atoms with E-state index in [4.69, 9.17) is 16.0 Å². The Morgan fingerprint density at radius 3 is 2.20 bits per heavy atom. The molecule has 0 aromatic carbocycles. The van der Waals surface area contributed by atoms with E-state index >= 15 is 0 Å². The molecule has 0 aliphatic carbocycles. The third kappa shape index (κ3) is 4.52. The summed E-state index contributed by atoms with van der Waals surface area (Å²) in [6.07, 6.45) is 2.43. The fourth-order valence-corrected chi connectivity index (χ4v) is 0.440. The van der Waals surface area contributed by atoms with Crippen molar-refractivity contribution < 1.29 is 16.0 Å². The van der Waals surface area contributed by atoms with E-state index in [-0.39, 0.29) is 0 Å². The van der Waals surface area contributed by atoms with Crippen molar-refractivity contribution in [3.8, 4) is 0 Å². The average Bonchev–Trinajstić information content (AvgIpc) is 1.41. The molecule has 0 aliphatic rings. The molecule has 0 nitrogen and oxygen atoms in total. The summed E-state index contributed by atoms with van der Waals surface area (Å²) in [5.41, 5.74) is 0. The zero-order chi connectivity index (χ0) is 4.12. The molecule has 0 atom stereocenters. The molecule has 0 spiro atoms. The molecule has 0 aromatic heterocycles. The second-order valence-corrected chi connectivity index (χ2v) is 1.48. The van der Waals surface area contributed by atoms with Gasteiger partial charge < -0.3 is 0 Å². The van der Waals surface area contributed by atoms with E-state index < -0.39 is 0 Å². The van der Waals surface area contributed by atoms with Gasteiger partial charge in [-0.2, -0.15) is 0 Å². The summed E-state index contributed by atoms with van der Waals surface area (Å²) < 4.78 is 0. The maximum atomic E-state index is 4.77. The van der Waals surface area contributed by atoms with Crippen LogP contribution >= 0.6 is 0 Å². The van der Waals surface area contributed by atoms with Gasteiger partial charge >= 0.3 is 41.1 Å². The standard InChI is InChI=1S/C4H9.Cu/c1-3-4-2;/h1,3-4H2,2H3;. The Morgan fingerprint density at radius 2 is 2.20 bits per heavy atom. The van der Waals surface area contributed by atoms with Crippen molar-refractivity contribution in [1.29, 1.82) is 0 Å². The molecule has 0 amide bonds. The first-order valence-corrected chi connectivity index (χ1v) is 2.59. The van der Waals surface area contributed by atoms with Crippen molar-refractivity contribution in [2.45, 2.75) is 25.1 Å². The topological polar surface area (TPSA) is 0 Å². The molecule has 36 valence electrons. The third-order valence-electron chi connectivity index (χ3n) is 0.460. The van der Waals surface area contributed by atoms with E-state index in [1.807, 2.05) is 0 Å². The van der Waals surface area contributed by atoms with Crippen LogP contribution < -0.4 is 0 Å². The summed E-state index contributed by atoms with van der Waals surface area (Å²) >= 11 is 4.77. The second-order valence-electron chi connectivity index (χ2n) is 1.00. The van der Waals surface area contributed by atoms with Gasteiger partial charge in [-0.25, -0.2) is 0 Å². The maximum absolute atomic E-state index is 4.77. The molecular weight excluding hydrogens is 112 g/mol. The Labute approximate surface area is 41.8 Å². The fourth-order valence-electron chi connectivity index (χ4n) is 0.107. The molecule has 0 rings (SSSR count). The first-order valence-electron chi connectivity index (χ1n) is 1.92. The Hall–Kier alpha value is 0.519. The van der Waals surface area contributed by atoms with E-state index in [0.29, 0.717) is 0 Å². The van der Waals surface area contributed by atoms with Gasteiger partial charge in [0.05, 0.1) is 0 Å². The molecule has 0 saturated carbocycles. The molecular formula is C4H9Cu. The van der Waals surface area contributed by atoms with Crippen molar-refractivity contribution in [1.82, 2.24) is 0 Å². The van der Waals surface area contributed by atoms with E-state index in [9.17, 15) is 0 Å². The van der Waals surface area contributed by atoms with Crippen molar-refractivity contribution in [2.24, 2.45) is 0 Å². The van der Waals surface area contributed by atoms with Crippen LogP contribution in [-0.4, -0.2) is 0 Å². The van der Waals surface area contributed by atoms with Crippen LogP contribution in [0.5, 0.6) is 0 Å². The van der Waals surface area contributed by atoms with E-state index in [2.05, 4.69) is 6.92 Å². The van der Waals surface area contributed by atoms with Crippen LogP contribution in [0.3, 0.4) is 0 Å². The Balaban J connectivity index is 2.19. The molecule has 0 aliphatic heterocycles. The van der Waals surface area contributed by atoms with Crippen molar-refractivity contribution in [3.63, 3.8) is 0 Å². The van der Waals surface area contributed by atoms with E-state index in [0.717, 1.165) is 5.32 Å². The minimum atomic E-state index is 0.906. The number of rotatable bonds is 2. The van der Waals surface area contributed by atoms with Crippen molar-refractivity contribution >= 4 is 0 Å². The molecule has 0 N–H and O–H groups in total. The molecule has 0 bridgehead atoms. The summed E-state index contributed by atoms with van der Waals surface area (Å²) in [5.74, 6) is 0. The van der Waals surface area contributed by atoms with Gasteiger partial charge in [0, 0.05) is 0 Å². The third-order valence-corrected chi connectivity index (χ3v) is 0.793. The van der Waals surface area contributed by atoms with Crippen LogP contribution in [0.1, 0.15) is 19.8 Å². The Bertz CT molecular complexity index is 11.1. The Morgan fingerprint density at radius 1 is 1.60 bits per heavy atom. The molecule has 5 heavy (non-hydrogen) atoms. The van der Waals surface area contributed by atoms with Crippen LogP contribution in [0, 0.1) is 0 Å². The zero-order valence-corrected chi connectivity index (χ0v) is 4.36. The summed E-state index contributed by atoms with van der Waals surface area (Å²) in [7, 11) is 0. The number of hydrogen-bond donors (Lipinski definition) is 0. The second kappa shape index (κ2) is 4.52. The van der Waals surface area contributed by atoms with Gasteiger partial charge in [-0.15, -0.1) is 0 Å². The van der Waals surface area contributed by atoms with Gasteiger partial charge in [-0.05, 0) is 0 Å². The molecule has 0 radical (unpaired) electrons. The molecule has 0 fully saturated rings. The SMILES string of the molecule is CCC[CH2][Cu]. The van der Waals surface area contributed by atoms with Gasteiger partial charge in [0.2, 0.25) is 0 Å². The van der Waals surface area contributed by atoms with Crippen LogP contribution in [0.15, 0.2) is 0 Å². The van der Waals surface area contributed by atoms with Crippen molar-refractivity contribution in [3.05, 3.63) is 0 Å². The van der Waals surface area contributed by atoms with Crippen LogP contribution in [0.2, 0.25) is 5.32 Å². The van der Waals surface area contributed by atoms with Crippen LogP contribution in [-0.2, 0) is 16.0 Å². The van der Waals surface area contributed by atoms with E-state index in [1.165, 1.54) is 12.8 Å². The average molecular weight is 121 g/mol. The molecule has 1 heteroatoms. The molecule has 0 aromatic rings. The summed E-state index contributed by atoms with van der Waals surface area (Å²) in [5, 5.41) is 0.906. The van der Waals surface area contributed by atoms with Gasteiger partial charge in [-0.3, -0.25) is 0 Å². The Kier molecular flexibility index (Phi) is 4.99. The molecule has 0 saturated heterocycles. The summed E-state index contributed by atoms with van der Waals surface area (Å²) in [6.45, 7) is 2.14. The van der Waals surface area contributed by atoms with Crippen LogP contribution in [0.4, 0.5) is 0 Å². The quantitative estimate of drug-likeness (QED) is 0.488. The zero-order valence-electron chi connectivity index (χ0n) is 3.42. The predicted molar refractivity (Wildman–Crippen MR) is 19.7 cm³/mol. The van der Waals surface area contributed by atoms with Gasteiger partial charge in [0.15, 0.2) is 0 Å². The van der Waals surface area contributed by atoms with Crippen LogP contribution in [0.25, 0.3) is 0 Å². The van der Waals surface area contributed by atoms with E-state index in [1.54, 1.807) is 0 Å². The minimum absolute atomic E-state index is 0.906. The first kappa shape index (κ1) is 5.52. The van der Waals surface area contributed by atoms with Crippen molar-refractivity contribution in [2.75, 3.05) is 0 Å². The monoisotopic (exact) mass is 120 g/mol. The predicted octanol–water partition coefficient (Wildman–Crippen LogP) is 1.75. The summed E-state index contributed by atoms with van der Waals surface area (Å²) in [4.78, 5) is 0. The van der Waals surface area contributed by atoms with Gasteiger partial charge in [0.25, 0.3) is 0 Å². The van der Waals surface area contributed by atoms with Gasteiger partial charge in [-0.1, -0.05) is 0 Å². The molecule has 0 unspecified atom stereocenters. The van der Waals surface area contributed by atoms with Gasteiger partial charge in [0.1, 0.15) is 0 Å². The fraction of sp³-hybridized carbons (Fsp3) is 1.00.